The summed E-state index contributed by atoms with van der Waals surface area (Å²) < 4.78 is 5.81. The Morgan fingerprint density at radius 3 is 2.58 bits per heavy atom. The Hall–Kier alpha value is -2.44. The first-order valence-electron chi connectivity index (χ1n) is 7.15. The topological polar surface area (TPSA) is 55.4 Å². The maximum atomic E-state index is 12.1. The van der Waals surface area contributed by atoms with Gasteiger partial charge in [0.25, 0.3) is 5.91 Å². The Balaban J connectivity index is 1.71. The molecule has 1 fully saturated rings. The van der Waals surface area contributed by atoms with Crippen LogP contribution in [-0.2, 0) is 4.79 Å². The smallest absolute Gasteiger partial charge is 0.343 e. The SMILES string of the molecule is Cc1cccc(C(=O)Oc2ccc(/C=C3/SC(=S)NC3=O)cc2)c1. The number of carbonyl (C=O) groups is 2. The highest BCUT2D eigenvalue weighted by Gasteiger charge is 2.21. The number of hydrogen-bond donors (Lipinski definition) is 1. The number of carbonyl (C=O) groups excluding carboxylic acids is 2. The molecule has 3 rings (SSSR count). The van der Waals surface area contributed by atoms with Crippen LogP contribution in [0.1, 0.15) is 21.5 Å². The molecule has 4 nitrogen and oxygen atoms in total. The van der Waals surface area contributed by atoms with E-state index < -0.39 is 5.97 Å². The van der Waals surface area contributed by atoms with Gasteiger partial charge in [-0.15, -0.1) is 0 Å². The van der Waals surface area contributed by atoms with Gasteiger partial charge in [0.15, 0.2) is 0 Å². The number of hydrogen-bond acceptors (Lipinski definition) is 5. The first-order chi connectivity index (χ1) is 11.5. The fourth-order valence-electron chi connectivity index (χ4n) is 2.14. The highest BCUT2D eigenvalue weighted by molar-refractivity contribution is 8.26. The molecule has 0 spiro atoms. The van der Waals surface area contributed by atoms with Crippen molar-refractivity contribution < 1.29 is 14.3 Å². The van der Waals surface area contributed by atoms with Gasteiger partial charge in [0.05, 0.1) is 10.5 Å². The van der Waals surface area contributed by atoms with E-state index in [-0.39, 0.29) is 5.91 Å². The molecule has 2 aromatic rings. The first-order valence-corrected chi connectivity index (χ1v) is 8.37. The van der Waals surface area contributed by atoms with Gasteiger partial charge in [-0.1, -0.05) is 53.8 Å². The van der Waals surface area contributed by atoms with Crippen molar-refractivity contribution in [1.29, 1.82) is 0 Å². The summed E-state index contributed by atoms with van der Waals surface area (Å²) in [5.41, 5.74) is 2.33. The second-order valence-corrected chi connectivity index (χ2v) is 6.90. The molecule has 1 N–H and O–H groups in total. The number of thiocarbonyl (C=S) groups is 1. The molecule has 0 aliphatic carbocycles. The Kier molecular flexibility index (Phi) is 4.78. The van der Waals surface area contributed by atoms with Crippen molar-refractivity contribution in [3.63, 3.8) is 0 Å². The van der Waals surface area contributed by atoms with Crippen molar-refractivity contribution >= 4 is 46.3 Å². The average Bonchev–Trinajstić information content (AvgIpc) is 2.87. The fraction of sp³-hybridized carbons (Fsp3) is 0.0556. The van der Waals surface area contributed by atoms with Crippen molar-refractivity contribution in [3.05, 3.63) is 70.1 Å². The number of nitrogens with one attached hydrogen (secondary N) is 1. The average molecular weight is 355 g/mol. The second-order valence-electron chi connectivity index (χ2n) is 5.18. The zero-order chi connectivity index (χ0) is 17.1. The third-order valence-corrected chi connectivity index (χ3v) is 4.45. The molecule has 0 aromatic heterocycles. The molecule has 1 heterocycles. The van der Waals surface area contributed by atoms with E-state index in [9.17, 15) is 9.59 Å². The van der Waals surface area contributed by atoms with Crippen molar-refractivity contribution in [3.8, 4) is 5.75 Å². The third-order valence-electron chi connectivity index (χ3n) is 3.28. The molecule has 0 radical (unpaired) electrons. The molecule has 0 atom stereocenters. The van der Waals surface area contributed by atoms with Crippen LogP contribution in [0.4, 0.5) is 0 Å². The molecule has 1 aliphatic rings. The summed E-state index contributed by atoms with van der Waals surface area (Å²) >= 11 is 6.17. The highest BCUT2D eigenvalue weighted by Crippen LogP contribution is 2.26. The number of ether oxygens (including phenoxy) is 1. The van der Waals surface area contributed by atoms with Crippen LogP contribution in [0, 0.1) is 6.92 Å². The van der Waals surface area contributed by atoms with Gasteiger partial charge in [0.2, 0.25) is 0 Å². The molecule has 0 bridgehead atoms. The van der Waals surface area contributed by atoms with Crippen LogP contribution in [0.15, 0.2) is 53.4 Å². The van der Waals surface area contributed by atoms with E-state index in [1.54, 1.807) is 42.5 Å². The van der Waals surface area contributed by atoms with E-state index in [1.807, 2.05) is 19.1 Å². The predicted octanol–water partition coefficient (Wildman–Crippen LogP) is 3.70. The van der Waals surface area contributed by atoms with Crippen LogP contribution in [0.25, 0.3) is 6.08 Å². The summed E-state index contributed by atoms with van der Waals surface area (Å²) in [6.07, 6.45) is 1.74. The summed E-state index contributed by atoms with van der Waals surface area (Å²) in [5, 5.41) is 2.57. The van der Waals surface area contributed by atoms with Gasteiger partial charge < -0.3 is 10.1 Å². The molecule has 2 aromatic carbocycles. The monoisotopic (exact) mass is 355 g/mol. The zero-order valence-electron chi connectivity index (χ0n) is 12.7. The minimum atomic E-state index is -0.402. The summed E-state index contributed by atoms with van der Waals surface area (Å²) in [6.45, 7) is 1.92. The molecule has 6 heteroatoms. The maximum Gasteiger partial charge on any atom is 0.343 e. The van der Waals surface area contributed by atoms with Crippen molar-refractivity contribution in [2.24, 2.45) is 0 Å². The predicted molar refractivity (Wildman–Crippen MR) is 98.9 cm³/mol. The van der Waals surface area contributed by atoms with Gasteiger partial charge in [-0.3, -0.25) is 4.79 Å². The van der Waals surface area contributed by atoms with Crippen LogP contribution in [0.3, 0.4) is 0 Å². The van der Waals surface area contributed by atoms with Gasteiger partial charge in [-0.2, -0.15) is 0 Å². The lowest BCUT2D eigenvalue weighted by molar-refractivity contribution is -0.115. The number of thioether (sulfide) groups is 1. The second kappa shape index (κ2) is 6.98. The highest BCUT2D eigenvalue weighted by atomic mass is 32.2. The van der Waals surface area contributed by atoms with E-state index in [0.29, 0.717) is 20.5 Å². The number of aryl methyl sites for hydroxylation is 1. The molecular weight excluding hydrogens is 342 g/mol. The minimum absolute atomic E-state index is 0.194. The first kappa shape index (κ1) is 16.4. The van der Waals surface area contributed by atoms with Crippen molar-refractivity contribution in [2.45, 2.75) is 6.92 Å². The van der Waals surface area contributed by atoms with E-state index >= 15 is 0 Å². The standard InChI is InChI=1S/C18H13NO3S2/c1-11-3-2-4-13(9-11)17(21)22-14-7-5-12(6-8-14)10-15-16(20)19-18(23)24-15/h2-10H,1H3,(H,19,20,23)/b15-10+. The molecule has 1 saturated heterocycles. The summed E-state index contributed by atoms with van der Waals surface area (Å²) in [7, 11) is 0. The fourth-order valence-corrected chi connectivity index (χ4v) is 3.19. The number of esters is 1. The van der Waals surface area contributed by atoms with Crippen LogP contribution in [0.2, 0.25) is 0 Å². The summed E-state index contributed by atoms with van der Waals surface area (Å²) in [5.74, 6) is -0.150. The number of amides is 1. The third kappa shape index (κ3) is 3.90. The number of benzene rings is 2. The number of rotatable bonds is 3. The van der Waals surface area contributed by atoms with E-state index in [0.717, 1.165) is 11.1 Å². The largest absolute Gasteiger partial charge is 0.423 e. The van der Waals surface area contributed by atoms with Gasteiger partial charge in [-0.25, -0.2) is 4.79 Å². The molecule has 0 unspecified atom stereocenters. The molecule has 24 heavy (non-hydrogen) atoms. The minimum Gasteiger partial charge on any atom is -0.423 e. The Morgan fingerprint density at radius 2 is 1.96 bits per heavy atom. The van der Waals surface area contributed by atoms with Crippen LogP contribution in [-0.4, -0.2) is 16.2 Å². The molecule has 0 saturated carbocycles. The normalized spacial score (nSPS) is 15.5. The summed E-state index contributed by atoms with van der Waals surface area (Å²) in [6, 6.07) is 14.2. The van der Waals surface area contributed by atoms with Crippen LogP contribution >= 0.6 is 24.0 Å². The Morgan fingerprint density at radius 1 is 1.21 bits per heavy atom. The lowest BCUT2D eigenvalue weighted by Gasteiger charge is -2.05. The quantitative estimate of drug-likeness (QED) is 0.394. The lowest BCUT2D eigenvalue weighted by atomic mass is 10.1. The molecular formula is C18H13NO3S2. The van der Waals surface area contributed by atoms with Gasteiger partial charge in [0.1, 0.15) is 10.1 Å². The Labute approximate surface area is 148 Å². The van der Waals surface area contributed by atoms with Crippen molar-refractivity contribution in [2.75, 3.05) is 0 Å². The van der Waals surface area contributed by atoms with Crippen molar-refractivity contribution in [1.82, 2.24) is 5.32 Å². The molecule has 1 aliphatic heterocycles. The van der Waals surface area contributed by atoms with E-state index in [2.05, 4.69) is 5.32 Å². The van der Waals surface area contributed by atoms with Crippen LogP contribution < -0.4 is 10.1 Å². The zero-order valence-corrected chi connectivity index (χ0v) is 14.4. The van der Waals surface area contributed by atoms with Gasteiger partial charge >= 0.3 is 5.97 Å². The van der Waals surface area contributed by atoms with E-state index in [1.165, 1.54) is 11.8 Å². The molecule has 1 amide bonds. The molecule has 120 valence electrons. The summed E-state index contributed by atoms with van der Waals surface area (Å²) in [4.78, 5) is 24.3. The maximum absolute atomic E-state index is 12.1. The van der Waals surface area contributed by atoms with Crippen LogP contribution in [0.5, 0.6) is 5.75 Å². The Bertz CT molecular complexity index is 857. The van der Waals surface area contributed by atoms with E-state index in [4.69, 9.17) is 17.0 Å². The lowest BCUT2D eigenvalue weighted by Crippen LogP contribution is -2.17. The van der Waals surface area contributed by atoms with Gasteiger partial charge in [0, 0.05) is 0 Å². The van der Waals surface area contributed by atoms with Gasteiger partial charge in [-0.05, 0) is 42.8 Å².